The van der Waals surface area contributed by atoms with Crippen molar-refractivity contribution in [3.05, 3.63) is 96.0 Å². The van der Waals surface area contributed by atoms with E-state index < -0.39 is 17.8 Å². The van der Waals surface area contributed by atoms with Crippen molar-refractivity contribution < 1.29 is 18.5 Å². The lowest BCUT2D eigenvalue weighted by Crippen LogP contribution is -2.20. The first-order valence-electron chi connectivity index (χ1n) is 11.9. The molecule has 1 atom stereocenters. The van der Waals surface area contributed by atoms with Gasteiger partial charge in [0.25, 0.3) is 0 Å². The van der Waals surface area contributed by atoms with Gasteiger partial charge in [-0.05, 0) is 48.4 Å². The lowest BCUT2D eigenvalue weighted by molar-refractivity contribution is -0.117. The fourth-order valence-electron chi connectivity index (χ4n) is 3.68. The van der Waals surface area contributed by atoms with Gasteiger partial charge in [-0.3, -0.25) is 10.1 Å². The van der Waals surface area contributed by atoms with E-state index >= 15 is 0 Å². The summed E-state index contributed by atoms with van der Waals surface area (Å²) in [5, 5.41) is 12.0. The number of amides is 3. The standard InChI is InChI=1S/C29H29FN4O3/c1-18(23-15-10-20(16-24(23)30)19-8-6-5-7-9-19)27(35)31-21-11-13-22(14-12-21)32-28(36)33-26-17-25(37-34-26)29(2,3)4/h5-18H,1-4H3,(H,31,35)(H2,32,33,34,36). The van der Waals surface area contributed by atoms with Crippen molar-refractivity contribution in [1.82, 2.24) is 5.16 Å². The summed E-state index contributed by atoms with van der Waals surface area (Å²) in [6.07, 6.45) is 0. The van der Waals surface area contributed by atoms with E-state index in [-0.39, 0.29) is 11.3 Å². The molecule has 0 aliphatic rings. The predicted molar refractivity (Wildman–Crippen MR) is 143 cm³/mol. The Bertz CT molecular complexity index is 1390. The number of carbonyl (C=O) groups is 2. The first kappa shape index (κ1) is 25.6. The third-order valence-corrected chi connectivity index (χ3v) is 5.87. The Kier molecular flexibility index (Phi) is 7.38. The number of rotatable bonds is 6. The Morgan fingerprint density at radius 3 is 2.08 bits per heavy atom. The number of aromatic nitrogens is 1. The van der Waals surface area contributed by atoms with Crippen LogP contribution in [0.25, 0.3) is 11.1 Å². The van der Waals surface area contributed by atoms with Crippen molar-refractivity contribution in [2.24, 2.45) is 0 Å². The van der Waals surface area contributed by atoms with Crippen LogP contribution in [0, 0.1) is 5.82 Å². The van der Waals surface area contributed by atoms with E-state index in [1.54, 1.807) is 43.3 Å². The zero-order chi connectivity index (χ0) is 26.6. The molecule has 3 amide bonds. The molecular weight excluding hydrogens is 471 g/mol. The van der Waals surface area contributed by atoms with Gasteiger partial charge in [0.15, 0.2) is 5.82 Å². The van der Waals surface area contributed by atoms with E-state index in [9.17, 15) is 14.0 Å². The molecule has 190 valence electrons. The highest BCUT2D eigenvalue weighted by Crippen LogP contribution is 2.27. The topological polar surface area (TPSA) is 96.3 Å². The van der Waals surface area contributed by atoms with Crippen LogP contribution in [-0.4, -0.2) is 17.1 Å². The Hall–Kier alpha value is -4.46. The Balaban J connectivity index is 1.34. The van der Waals surface area contributed by atoms with Crippen molar-refractivity contribution >= 4 is 29.1 Å². The molecular formula is C29H29FN4O3. The maximum Gasteiger partial charge on any atom is 0.324 e. The molecule has 1 heterocycles. The maximum atomic E-state index is 14.8. The summed E-state index contributed by atoms with van der Waals surface area (Å²) in [4.78, 5) is 25.1. The number of benzene rings is 3. The summed E-state index contributed by atoms with van der Waals surface area (Å²) in [6, 6.07) is 22.2. The van der Waals surface area contributed by atoms with E-state index in [2.05, 4.69) is 21.1 Å². The average molecular weight is 501 g/mol. The van der Waals surface area contributed by atoms with E-state index in [1.165, 1.54) is 6.07 Å². The van der Waals surface area contributed by atoms with Gasteiger partial charge in [0, 0.05) is 28.4 Å². The van der Waals surface area contributed by atoms with Gasteiger partial charge in [0.2, 0.25) is 5.91 Å². The van der Waals surface area contributed by atoms with Gasteiger partial charge in [0.1, 0.15) is 11.6 Å². The summed E-state index contributed by atoms with van der Waals surface area (Å²) >= 11 is 0. The molecule has 1 aromatic heterocycles. The molecule has 4 aromatic rings. The molecule has 0 radical (unpaired) electrons. The first-order chi connectivity index (χ1) is 17.6. The van der Waals surface area contributed by atoms with E-state index in [0.717, 1.165) is 11.1 Å². The Labute approximate surface area is 215 Å². The Morgan fingerprint density at radius 1 is 0.838 bits per heavy atom. The van der Waals surface area contributed by atoms with E-state index in [1.807, 2.05) is 57.2 Å². The van der Waals surface area contributed by atoms with E-state index in [0.29, 0.717) is 28.5 Å². The lowest BCUT2D eigenvalue weighted by Gasteiger charge is -2.15. The molecule has 4 rings (SSSR count). The van der Waals surface area contributed by atoms with Crippen LogP contribution in [0.2, 0.25) is 0 Å². The average Bonchev–Trinajstić information content (AvgIpc) is 3.34. The van der Waals surface area contributed by atoms with Crippen LogP contribution in [0.15, 0.2) is 83.4 Å². The predicted octanol–water partition coefficient (Wildman–Crippen LogP) is 7.16. The second-order valence-electron chi connectivity index (χ2n) is 9.80. The molecule has 0 saturated heterocycles. The van der Waals surface area contributed by atoms with Crippen molar-refractivity contribution in [2.45, 2.75) is 39.0 Å². The normalized spacial score (nSPS) is 12.0. The highest BCUT2D eigenvalue weighted by molar-refractivity contribution is 5.99. The van der Waals surface area contributed by atoms with Crippen LogP contribution in [0.5, 0.6) is 0 Å². The van der Waals surface area contributed by atoms with Crippen molar-refractivity contribution in [1.29, 1.82) is 0 Å². The summed E-state index contributed by atoms with van der Waals surface area (Å²) in [7, 11) is 0. The number of anilines is 3. The molecule has 37 heavy (non-hydrogen) atoms. The monoisotopic (exact) mass is 500 g/mol. The third-order valence-electron chi connectivity index (χ3n) is 5.87. The van der Waals surface area contributed by atoms with Crippen LogP contribution < -0.4 is 16.0 Å². The zero-order valence-corrected chi connectivity index (χ0v) is 21.1. The van der Waals surface area contributed by atoms with Crippen molar-refractivity contribution in [2.75, 3.05) is 16.0 Å². The number of hydrogen-bond donors (Lipinski definition) is 3. The first-order valence-corrected chi connectivity index (χ1v) is 11.9. The molecule has 0 aliphatic heterocycles. The molecule has 0 aliphatic carbocycles. The van der Waals surface area contributed by atoms with E-state index in [4.69, 9.17) is 4.52 Å². The van der Waals surface area contributed by atoms with Gasteiger partial charge in [0.05, 0.1) is 5.92 Å². The Morgan fingerprint density at radius 2 is 1.49 bits per heavy atom. The van der Waals surface area contributed by atoms with Crippen LogP contribution in [0.4, 0.5) is 26.4 Å². The number of carbonyl (C=O) groups excluding carboxylic acids is 2. The highest BCUT2D eigenvalue weighted by Gasteiger charge is 2.21. The smallest absolute Gasteiger partial charge is 0.324 e. The molecule has 0 saturated carbocycles. The van der Waals surface area contributed by atoms with Crippen LogP contribution >= 0.6 is 0 Å². The zero-order valence-electron chi connectivity index (χ0n) is 21.1. The second kappa shape index (κ2) is 10.7. The van der Waals surface area contributed by atoms with Gasteiger partial charge in [-0.25, -0.2) is 9.18 Å². The minimum atomic E-state index is -0.700. The molecule has 1 unspecified atom stereocenters. The SMILES string of the molecule is CC(C(=O)Nc1ccc(NC(=O)Nc2cc(C(C)(C)C)on2)cc1)c1ccc(-c2ccccc2)cc1F. The van der Waals surface area contributed by atoms with Gasteiger partial charge in [-0.15, -0.1) is 0 Å². The highest BCUT2D eigenvalue weighted by atomic mass is 19.1. The summed E-state index contributed by atoms with van der Waals surface area (Å²) < 4.78 is 20.1. The number of hydrogen-bond acceptors (Lipinski definition) is 4. The minimum Gasteiger partial charge on any atom is -0.359 e. The van der Waals surface area contributed by atoms with Crippen molar-refractivity contribution in [3.8, 4) is 11.1 Å². The van der Waals surface area contributed by atoms with Gasteiger partial charge < -0.3 is 15.2 Å². The number of nitrogens with one attached hydrogen (secondary N) is 3. The third kappa shape index (κ3) is 6.41. The fraction of sp³-hybridized carbons (Fsp3) is 0.207. The second-order valence-corrected chi connectivity index (χ2v) is 9.80. The summed E-state index contributed by atoms with van der Waals surface area (Å²) in [6.45, 7) is 7.61. The molecule has 3 aromatic carbocycles. The minimum absolute atomic E-state index is 0.224. The molecule has 8 heteroatoms. The summed E-state index contributed by atoms with van der Waals surface area (Å²) in [5.41, 5.74) is 2.79. The summed E-state index contributed by atoms with van der Waals surface area (Å²) in [5.74, 6) is -0.510. The van der Waals surface area contributed by atoms with Gasteiger partial charge in [-0.1, -0.05) is 68.4 Å². The van der Waals surface area contributed by atoms with Crippen LogP contribution in [0.3, 0.4) is 0 Å². The van der Waals surface area contributed by atoms with Crippen LogP contribution in [-0.2, 0) is 10.2 Å². The quantitative estimate of drug-likeness (QED) is 0.262. The number of urea groups is 1. The molecule has 0 fully saturated rings. The molecule has 0 spiro atoms. The molecule has 0 bridgehead atoms. The van der Waals surface area contributed by atoms with Crippen molar-refractivity contribution in [3.63, 3.8) is 0 Å². The van der Waals surface area contributed by atoms with Gasteiger partial charge in [-0.2, -0.15) is 0 Å². The molecule has 3 N–H and O–H groups in total. The molecule has 7 nitrogen and oxygen atoms in total. The van der Waals surface area contributed by atoms with Gasteiger partial charge >= 0.3 is 6.03 Å². The lowest BCUT2D eigenvalue weighted by atomic mass is 9.93. The maximum absolute atomic E-state index is 14.8. The fourth-order valence-corrected chi connectivity index (χ4v) is 3.68. The van der Waals surface area contributed by atoms with Crippen LogP contribution in [0.1, 0.15) is 44.9 Å². The number of halogens is 1. The number of nitrogens with zero attached hydrogens (tertiary/aromatic N) is 1. The largest absolute Gasteiger partial charge is 0.359 e.